The first-order valence-electron chi connectivity index (χ1n) is 7.42. The van der Waals surface area contributed by atoms with Crippen LogP contribution in [0.4, 0.5) is 4.79 Å². The number of aliphatic hydroxyl groups is 1. The van der Waals surface area contributed by atoms with Crippen molar-refractivity contribution >= 4 is 29.7 Å². The number of hydrogen-bond donors (Lipinski definition) is 4. The summed E-state index contributed by atoms with van der Waals surface area (Å²) in [6, 6.07) is -0.797. The normalized spacial score (nSPS) is 24.3. The Kier molecular flexibility index (Phi) is 5.53. The van der Waals surface area contributed by atoms with E-state index in [0.717, 1.165) is 17.7 Å². The molecule has 1 saturated heterocycles. The van der Waals surface area contributed by atoms with E-state index in [9.17, 15) is 24.6 Å². The number of carbonyl (C=O) groups excluding carboxylic acids is 2. The summed E-state index contributed by atoms with van der Waals surface area (Å²) in [7, 11) is 0. The summed E-state index contributed by atoms with van der Waals surface area (Å²) in [6.07, 6.45) is 0.451. The van der Waals surface area contributed by atoms with Crippen LogP contribution in [0.1, 0.15) is 19.8 Å². The van der Waals surface area contributed by atoms with Crippen LogP contribution in [0.2, 0.25) is 0 Å². The zero-order valence-electron chi connectivity index (χ0n) is 12.8. The molecule has 0 aliphatic carbocycles. The second-order valence-corrected chi connectivity index (χ2v) is 6.81. The average Bonchev–Trinajstić information content (AvgIpc) is 2.76. The predicted molar refractivity (Wildman–Crippen MR) is 84.6 cm³/mol. The van der Waals surface area contributed by atoms with Crippen LogP contribution in [0.3, 0.4) is 0 Å². The molecular weight excluding hydrogens is 322 g/mol. The number of hydrogen-bond acceptors (Lipinski definition) is 5. The molecule has 0 radical (unpaired) electrons. The zero-order chi connectivity index (χ0) is 17.1. The number of rotatable bonds is 8. The lowest BCUT2D eigenvalue weighted by molar-refractivity contribution is -0.161. The highest BCUT2D eigenvalue weighted by Crippen LogP contribution is 2.44. The van der Waals surface area contributed by atoms with E-state index in [1.54, 1.807) is 18.7 Å². The molecule has 9 heteroatoms. The van der Waals surface area contributed by atoms with Gasteiger partial charge in [-0.2, -0.15) is 11.8 Å². The van der Waals surface area contributed by atoms with E-state index in [1.807, 2.05) is 0 Å². The van der Waals surface area contributed by atoms with E-state index < -0.39 is 24.0 Å². The minimum atomic E-state index is -1.10. The number of thioether (sulfide) groups is 1. The summed E-state index contributed by atoms with van der Waals surface area (Å²) in [5.74, 6) is -0.657. The summed E-state index contributed by atoms with van der Waals surface area (Å²) in [5.41, 5.74) is 5.76. The van der Waals surface area contributed by atoms with Gasteiger partial charge in [-0.05, 0) is 31.1 Å². The number of aliphatic hydroxyl groups excluding tert-OH is 1. The Labute approximate surface area is 138 Å². The maximum Gasteiger partial charge on any atom is 0.352 e. The summed E-state index contributed by atoms with van der Waals surface area (Å²) in [4.78, 5) is 35.3. The maximum absolute atomic E-state index is 12.0. The van der Waals surface area contributed by atoms with Gasteiger partial charge in [0.1, 0.15) is 5.70 Å². The average molecular weight is 343 g/mol. The number of nitrogens with zero attached hydrogens (tertiary/aromatic N) is 1. The lowest BCUT2D eigenvalue weighted by Gasteiger charge is -2.44. The molecule has 2 rings (SSSR count). The molecule has 0 aromatic carbocycles. The SMILES string of the molecule is CC(O)C1C(=O)N2C(C(=O)O)=C(CSCCCNC(N)=O)CC12. The number of aliphatic carboxylic acids is 1. The molecule has 1 fully saturated rings. The van der Waals surface area contributed by atoms with Crippen molar-refractivity contribution in [3.63, 3.8) is 0 Å². The van der Waals surface area contributed by atoms with Crippen LogP contribution in [0.15, 0.2) is 11.3 Å². The van der Waals surface area contributed by atoms with E-state index in [0.29, 0.717) is 18.7 Å². The van der Waals surface area contributed by atoms with Gasteiger partial charge in [-0.15, -0.1) is 0 Å². The molecule has 3 atom stereocenters. The number of urea groups is 1. The van der Waals surface area contributed by atoms with Crippen molar-refractivity contribution in [3.05, 3.63) is 11.3 Å². The minimum absolute atomic E-state index is 0.0691. The van der Waals surface area contributed by atoms with E-state index >= 15 is 0 Å². The van der Waals surface area contributed by atoms with Gasteiger partial charge in [-0.25, -0.2) is 9.59 Å². The van der Waals surface area contributed by atoms with Crippen molar-refractivity contribution in [1.82, 2.24) is 10.2 Å². The summed E-state index contributed by atoms with van der Waals surface area (Å²) >= 11 is 1.55. The monoisotopic (exact) mass is 343 g/mol. The molecule has 3 unspecified atom stereocenters. The molecule has 5 N–H and O–H groups in total. The van der Waals surface area contributed by atoms with E-state index in [2.05, 4.69) is 5.32 Å². The van der Waals surface area contributed by atoms with E-state index in [1.165, 1.54) is 4.90 Å². The quantitative estimate of drug-likeness (QED) is 0.354. The molecule has 8 nitrogen and oxygen atoms in total. The summed E-state index contributed by atoms with van der Waals surface area (Å²) < 4.78 is 0. The topological polar surface area (TPSA) is 133 Å². The smallest absolute Gasteiger partial charge is 0.352 e. The molecule has 2 aliphatic heterocycles. The van der Waals surface area contributed by atoms with Gasteiger partial charge in [0.2, 0.25) is 5.91 Å². The standard InChI is InChI=1S/C14H21N3O5S/c1-7(18)10-9-5-8(6-23-4-2-3-16-14(15)22)11(13(20)21)17(9)12(10)19/h7,9-10,18H,2-6H2,1H3,(H,20,21)(H3,15,16,22). The highest BCUT2D eigenvalue weighted by molar-refractivity contribution is 7.99. The van der Waals surface area contributed by atoms with Crippen LogP contribution >= 0.6 is 11.8 Å². The van der Waals surface area contributed by atoms with Gasteiger partial charge in [0.15, 0.2) is 0 Å². The highest BCUT2D eigenvalue weighted by Gasteiger charge is 2.56. The van der Waals surface area contributed by atoms with Crippen LogP contribution in [-0.4, -0.2) is 63.2 Å². The molecule has 23 heavy (non-hydrogen) atoms. The van der Waals surface area contributed by atoms with Crippen LogP contribution in [0.5, 0.6) is 0 Å². The molecule has 0 aromatic heterocycles. The number of primary amides is 1. The van der Waals surface area contributed by atoms with Crippen molar-refractivity contribution in [2.45, 2.75) is 31.9 Å². The van der Waals surface area contributed by atoms with Crippen molar-refractivity contribution < 1.29 is 24.6 Å². The molecule has 2 heterocycles. The fourth-order valence-electron chi connectivity index (χ4n) is 3.07. The van der Waals surface area contributed by atoms with Gasteiger partial charge in [-0.3, -0.25) is 4.79 Å². The van der Waals surface area contributed by atoms with Crippen molar-refractivity contribution in [3.8, 4) is 0 Å². The Morgan fingerprint density at radius 2 is 2.22 bits per heavy atom. The van der Waals surface area contributed by atoms with Crippen LogP contribution in [0, 0.1) is 5.92 Å². The molecular formula is C14H21N3O5S. The fraction of sp³-hybridized carbons (Fsp3) is 0.643. The molecule has 3 amide bonds. The first-order chi connectivity index (χ1) is 10.8. The molecule has 2 aliphatic rings. The van der Waals surface area contributed by atoms with Crippen LogP contribution < -0.4 is 11.1 Å². The molecule has 0 saturated carbocycles. The number of amides is 3. The molecule has 0 bridgehead atoms. The molecule has 128 valence electrons. The fourth-order valence-corrected chi connectivity index (χ4v) is 4.07. The molecule has 0 spiro atoms. The summed E-state index contributed by atoms with van der Waals surface area (Å²) in [6.45, 7) is 2.03. The Balaban J connectivity index is 1.89. The zero-order valence-corrected chi connectivity index (χ0v) is 13.6. The first kappa shape index (κ1) is 17.6. The third-order valence-electron chi connectivity index (χ3n) is 4.06. The van der Waals surface area contributed by atoms with Crippen molar-refractivity contribution in [1.29, 1.82) is 0 Å². The number of carboxylic acids is 1. The Bertz CT molecular complexity index is 549. The van der Waals surface area contributed by atoms with Crippen molar-refractivity contribution in [2.24, 2.45) is 11.7 Å². The second kappa shape index (κ2) is 7.22. The van der Waals surface area contributed by atoms with Gasteiger partial charge < -0.3 is 26.2 Å². The van der Waals surface area contributed by atoms with Gasteiger partial charge in [0.05, 0.1) is 18.1 Å². The second-order valence-electron chi connectivity index (χ2n) is 5.70. The third-order valence-corrected chi connectivity index (χ3v) is 5.19. The van der Waals surface area contributed by atoms with Gasteiger partial charge in [-0.1, -0.05) is 0 Å². The third kappa shape index (κ3) is 3.61. The minimum Gasteiger partial charge on any atom is -0.477 e. The van der Waals surface area contributed by atoms with Crippen LogP contribution in [0.25, 0.3) is 0 Å². The van der Waals surface area contributed by atoms with Gasteiger partial charge in [0, 0.05) is 12.3 Å². The van der Waals surface area contributed by atoms with Crippen molar-refractivity contribution in [2.75, 3.05) is 18.1 Å². The number of nitrogens with two attached hydrogens (primary N) is 1. The first-order valence-corrected chi connectivity index (χ1v) is 8.57. The Morgan fingerprint density at radius 3 is 2.78 bits per heavy atom. The highest BCUT2D eigenvalue weighted by atomic mass is 32.2. The largest absolute Gasteiger partial charge is 0.477 e. The number of nitrogens with one attached hydrogen (secondary N) is 1. The van der Waals surface area contributed by atoms with Gasteiger partial charge in [0.25, 0.3) is 0 Å². The Hall–Kier alpha value is -1.74. The van der Waals surface area contributed by atoms with Gasteiger partial charge >= 0.3 is 12.0 Å². The lowest BCUT2D eigenvalue weighted by Crippen LogP contribution is -2.61. The maximum atomic E-state index is 12.0. The van der Waals surface area contributed by atoms with Crippen LogP contribution in [-0.2, 0) is 9.59 Å². The van der Waals surface area contributed by atoms with E-state index in [4.69, 9.17) is 5.73 Å². The number of carbonyl (C=O) groups is 3. The Morgan fingerprint density at radius 1 is 1.52 bits per heavy atom. The lowest BCUT2D eigenvalue weighted by atomic mass is 9.83. The molecule has 0 aromatic rings. The number of carboxylic acid groups (broad SMARTS) is 1. The summed E-state index contributed by atoms with van der Waals surface area (Å²) in [5, 5.41) is 21.5. The number of β-lactam (4-membered cyclic amide) rings is 1. The van der Waals surface area contributed by atoms with E-state index in [-0.39, 0.29) is 17.6 Å². The predicted octanol–water partition coefficient (Wildman–Crippen LogP) is -0.272. The number of fused-ring (bicyclic) bond motifs is 1.